The predicted molar refractivity (Wildman–Crippen MR) is 97.2 cm³/mol. The lowest BCUT2D eigenvalue weighted by Gasteiger charge is -2.06. The van der Waals surface area contributed by atoms with E-state index in [1.807, 2.05) is 24.3 Å². The minimum Gasteiger partial charge on any atom is -0.289 e. The SMILES string of the molecule is O=C1c2ccccc2-c2cc3c(cc21)-c1cccc2cccc-3c12. The third-order valence-electron chi connectivity index (χ3n) is 5.35. The van der Waals surface area contributed by atoms with Crippen LogP contribution in [0, 0.1) is 0 Å². The molecule has 0 heterocycles. The summed E-state index contributed by atoms with van der Waals surface area (Å²) in [4.78, 5) is 12.8. The molecule has 6 rings (SSSR count). The highest BCUT2D eigenvalue weighted by atomic mass is 16.1. The van der Waals surface area contributed by atoms with E-state index >= 15 is 0 Å². The molecule has 0 atom stereocenters. The third kappa shape index (κ3) is 1.30. The largest absolute Gasteiger partial charge is 0.289 e. The summed E-state index contributed by atoms with van der Waals surface area (Å²) in [7, 11) is 0. The number of carbonyl (C=O) groups is 1. The van der Waals surface area contributed by atoms with Crippen molar-refractivity contribution in [3.63, 3.8) is 0 Å². The summed E-state index contributed by atoms with van der Waals surface area (Å²) >= 11 is 0. The highest BCUT2D eigenvalue weighted by Crippen LogP contribution is 2.50. The van der Waals surface area contributed by atoms with Gasteiger partial charge in [-0.3, -0.25) is 4.79 Å². The van der Waals surface area contributed by atoms with Crippen LogP contribution in [0.5, 0.6) is 0 Å². The van der Waals surface area contributed by atoms with Gasteiger partial charge in [0.15, 0.2) is 5.78 Å². The van der Waals surface area contributed by atoms with Gasteiger partial charge in [0, 0.05) is 11.1 Å². The van der Waals surface area contributed by atoms with Crippen molar-refractivity contribution in [2.75, 3.05) is 0 Å². The van der Waals surface area contributed by atoms with E-state index in [0.29, 0.717) is 0 Å². The van der Waals surface area contributed by atoms with E-state index in [2.05, 4.69) is 48.5 Å². The molecule has 0 unspecified atom stereocenters. The van der Waals surface area contributed by atoms with E-state index in [0.717, 1.165) is 22.3 Å². The molecule has 0 bridgehead atoms. The Hall–Kier alpha value is -3.19. The van der Waals surface area contributed by atoms with Crippen molar-refractivity contribution in [1.29, 1.82) is 0 Å². The first-order valence-corrected chi connectivity index (χ1v) is 8.17. The van der Waals surface area contributed by atoms with Crippen molar-refractivity contribution in [1.82, 2.24) is 0 Å². The molecular weight excluding hydrogens is 292 g/mol. The molecule has 0 saturated heterocycles. The van der Waals surface area contributed by atoms with E-state index < -0.39 is 0 Å². The van der Waals surface area contributed by atoms with E-state index in [1.54, 1.807) is 0 Å². The lowest BCUT2D eigenvalue weighted by atomic mass is 9.96. The van der Waals surface area contributed by atoms with Gasteiger partial charge < -0.3 is 0 Å². The van der Waals surface area contributed by atoms with Gasteiger partial charge in [0.2, 0.25) is 0 Å². The first kappa shape index (κ1) is 12.3. The minimum atomic E-state index is 0.145. The van der Waals surface area contributed by atoms with Gasteiger partial charge in [0.1, 0.15) is 0 Å². The molecule has 1 nitrogen and oxygen atoms in total. The van der Waals surface area contributed by atoms with Gasteiger partial charge >= 0.3 is 0 Å². The van der Waals surface area contributed by atoms with E-state index in [-0.39, 0.29) is 5.78 Å². The number of fused-ring (bicyclic) bond motifs is 6. The zero-order chi connectivity index (χ0) is 15.8. The van der Waals surface area contributed by atoms with Crippen molar-refractivity contribution in [2.24, 2.45) is 0 Å². The molecule has 24 heavy (non-hydrogen) atoms. The van der Waals surface area contributed by atoms with Crippen LogP contribution in [0.15, 0.2) is 72.8 Å². The fourth-order valence-corrected chi connectivity index (χ4v) is 4.31. The van der Waals surface area contributed by atoms with Crippen molar-refractivity contribution < 1.29 is 4.79 Å². The Kier molecular flexibility index (Phi) is 2.05. The van der Waals surface area contributed by atoms with Crippen LogP contribution in [0.3, 0.4) is 0 Å². The number of carbonyl (C=O) groups excluding carboxylic acids is 1. The Morgan fingerprint density at radius 2 is 1.00 bits per heavy atom. The fourth-order valence-electron chi connectivity index (χ4n) is 4.31. The van der Waals surface area contributed by atoms with Crippen LogP contribution in [0.2, 0.25) is 0 Å². The number of hydrogen-bond donors (Lipinski definition) is 0. The molecular formula is C23H12O. The minimum absolute atomic E-state index is 0.145. The van der Waals surface area contributed by atoms with Crippen LogP contribution < -0.4 is 0 Å². The summed E-state index contributed by atoms with van der Waals surface area (Å²) in [5, 5.41) is 2.56. The van der Waals surface area contributed by atoms with Crippen LogP contribution >= 0.6 is 0 Å². The predicted octanol–water partition coefficient (Wildman–Crippen LogP) is 5.70. The number of hydrogen-bond acceptors (Lipinski definition) is 1. The number of ketones is 1. The molecule has 0 saturated carbocycles. The molecule has 1 heteroatoms. The molecule has 4 aromatic rings. The van der Waals surface area contributed by atoms with Crippen LogP contribution in [0.25, 0.3) is 44.2 Å². The highest BCUT2D eigenvalue weighted by Gasteiger charge is 2.30. The molecule has 0 spiro atoms. The van der Waals surface area contributed by atoms with Gasteiger partial charge in [0.25, 0.3) is 0 Å². The van der Waals surface area contributed by atoms with E-state index in [4.69, 9.17) is 0 Å². The first-order valence-electron chi connectivity index (χ1n) is 8.17. The quantitative estimate of drug-likeness (QED) is 0.352. The molecule has 0 amide bonds. The average molecular weight is 304 g/mol. The highest BCUT2D eigenvalue weighted by molar-refractivity contribution is 6.25. The first-order chi connectivity index (χ1) is 11.8. The summed E-state index contributed by atoms with van der Waals surface area (Å²) < 4.78 is 0. The van der Waals surface area contributed by atoms with Crippen molar-refractivity contribution in [3.8, 4) is 33.4 Å². The van der Waals surface area contributed by atoms with Gasteiger partial charge in [0.05, 0.1) is 0 Å². The molecule has 0 aromatic heterocycles. The van der Waals surface area contributed by atoms with Crippen molar-refractivity contribution in [3.05, 3.63) is 83.9 Å². The molecule has 0 N–H and O–H groups in total. The number of rotatable bonds is 0. The smallest absolute Gasteiger partial charge is 0.194 e. The van der Waals surface area contributed by atoms with Crippen LogP contribution in [-0.2, 0) is 0 Å². The van der Waals surface area contributed by atoms with Crippen LogP contribution in [-0.4, -0.2) is 5.78 Å². The summed E-state index contributed by atoms with van der Waals surface area (Å²) in [5.41, 5.74) is 8.72. The Balaban J connectivity index is 1.76. The molecule has 0 aliphatic heterocycles. The Labute approximate surface area is 139 Å². The second-order valence-electron chi connectivity index (χ2n) is 6.53. The van der Waals surface area contributed by atoms with E-state index in [1.165, 1.54) is 33.0 Å². The average Bonchev–Trinajstić information content (AvgIpc) is 3.10. The monoisotopic (exact) mass is 304 g/mol. The Morgan fingerprint density at radius 3 is 1.71 bits per heavy atom. The number of benzene rings is 4. The summed E-state index contributed by atoms with van der Waals surface area (Å²) in [6.07, 6.45) is 0. The van der Waals surface area contributed by atoms with Gasteiger partial charge in [-0.15, -0.1) is 0 Å². The standard InChI is InChI=1S/C23H12O/c24-23-17-8-2-1-7-14(17)18-11-19-15-9-3-5-13-6-4-10-16(22(13)15)20(19)12-21(18)23/h1-12H. The second-order valence-corrected chi connectivity index (χ2v) is 6.53. The molecule has 0 fully saturated rings. The van der Waals surface area contributed by atoms with Crippen LogP contribution in [0.1, 0.15) is 15.9 Å². The van der Waals surface area contributed by atoms with Crippen molar-refractivity contribution in [2.45, 2.75) is 0 Å². The molecule has 0 radical (unpaired) electrons. The van der Waals surface area contributed by atoms with Gasteiger partial charge in [-0.05, 0) is 56.3 Å². The zero-order valence-electron chi connectivity index (χ0n) is 12.8. The molecule has 4 aromatic carbocycles. The lowest BCUT2D eigenvalue weighted by Crippen LogP contribution is -1.95. The normalized spacial score (nSPS) is 13.1. The molecule has 110 valence electrons. The maximum atomic E-state index is 12.8. The zero-order valence-corrected chi connectivity index (χ0v) is 12.8. The lowest BCUT2D eigenvalue weighted by molar-refractivity contribution is 0.104. The van der Waals surface area contributed by atoms with Crippen molar-refractivity contribution >= 4 is 16.6 Å². The van der Waals surface area contributed by atoms with Gasteiger partial charge in [-0.25, -0.2) is 0 Å². The fraction of sp³-hybridized carbons (Fsp3) is 0. The second kappa shape index (κ2) is 4.01. The summed E-state index contributed by atoms with van der Waals surface area (Å²) in [6, 6.07) is 25.1. The molecule has 2 aliphatic carbocycles. The van der Waals surface area contributed by atoms with Gasteiger partial charge in [-0.1, -0.05) is 60.7 Å². The Bertz CT molecular complexity index is 1210. The summed E-state index contributed by atoms with van der Waals surface area (Å²) in [5.74, 6) is 0.145. The van der Waals surface area contributed by atoms with Gasteiger partial charge in [-0.2, -0.15) is 0 Å². The Morgan fingerprint density at radius 1 is 0.458 bits per heavy atom. The third-order valence-corrected chi connectivity index (χ3v) is 5.35. The van der Waals surface area contributed by atoms with Crippen LogP contribution in [0.4, 0.5) is 0 Å². The topological polar surface area (TPSA) is 17.1 Å². The summed E-state index contributed by atoms with van der Waals surface area (Å²) in [6.45, 7) is 0. The van der Waals surface area contributed by atoms with E-state index in [9.17, 15) is 4.79 Å². The maximum Gasteiger partial charge on any atom is 0.194 e. The molecule has 2 aliphatic rings. The maximum absolute atomic E-state index is 12.8.